The van der Waals surface area contributed by atoms with Crippen molar-refractivity contribution in [3.05, 3.63) is 88.2 Å². The zero-order valence-electron chi connectivity index (χ0n) is 13.2. The van der Waals surface area contributed by atoms with Crippen molar-refractivity contribution in [3.63, 3.8) is 0 Å². The second-order valence-corrected chi connectivity index (χ2v) is 7.48. The highest BCUT2D eigenvalue weighted by Crippen LogP contribution is 2.37. The summed E-state index contributed by atoms with van der Waals surface area (Å²) in [6.07, 6.45) is 0. The van der Waals surface area contributed by atoms with Gasteiger partial charge in [-0.3, -0.25) is 4.79 Å². The first-order valence-corrected chi connectivity index (χ1v) is 9.52. The molecule has 0 saturated heterocycles. The summed E-state index contributed by atoms with van der Waals surface area (Å²) in [7, 11) is 0. The number of halogens is 1. The molecule has 1 heterocycles. The molecule has 0 aliphatic carbocycles. The van der Waals surface area contributed by atoms with Crippen molar-refractivity contribution in [3.8, 4) is 11.1 Å². The van der Waals surface area contributed by atoms with E-state index in [1.54, 1.807) is 11.3 Å². The van der Waals surface area contributed by atoms with Crippen LogP contribution < -0.4 is 5.32 Å². The maximum atomic E-state index is 12.6. The Balaban J connectivity index is 1.74. The van der Waals surface area contributed by atoms with E-state index in [9.17, 15) is 4.79 Å². The van der Waals surface area contributed by atoms with E-state index in [1.165, 1.54) is 10.1 Å². The lowest BCUT2D eigenvalue weighted by Gasteiger charge is -2.11. The second-order valence-electron chi connectivity index (χ2n) is 5.66. The molecule has 1 N–H and O–H groups in total. The predicted molar refractivity (Wildman–Crippen MR) is 109 cm³/mol. The molecule has 0 spiro atoms. The molecule has 25 heavy (non-hydrogen) atoms. The maximum Gasteiger partial charge on any atom is 0.255 e. The fourth-order valence-electron chi connectivity index (χ4n) is 2.84. The van der Waals surface area contributed by atoms with Gasteiger partial charge in [-0.05, 0) is 35.7 Å². The number of carbonyl (C=O) groups excluding carboxylic acids is 1. The Kier molecular flexibility index (Phi) is 4.38. The average Bonchev–Trinajstić information content (AvgIpc) is 3.06. The normalized spacial score (nSPS) is 10.8. The van der Waals surface area contributed by atoms with Gasteiger partial charge < -0.3 is 5.32 Å². The van der Waals surface area contributed by atoms with Gasteiger partial charge in [0.15, 0.2) is 0 Å². The predicted octanol–water partition coefficient (Wildman–Crippen LogP) is 6.58. The molecule has 0 saturated carbocycles. The zero-order chi connectivity index (χ0) is 17.2. The van der Waals surface area contributed by atoms with Gasteiger partial charge >= 0.3 is 0 Å². The average molecular weight is 408 g/mol. The van der Waals surface area contributed by atoms with Crippen molar-refractivity contribution in [2.24, 2.45) is 0 Å². The number of hydrogen-bond donors (Lipinski definition) is 1. The number of rotatable bonds is 3. The number of fused-ring (bicyclic) bond motifs is 1. The molecule has 4 heteroatoms. The minimum Gasteiger partial charge on any atom is -0.321 e. The van der Waals surface area contributed by atoms with Gasteiger partial charge in [-0.1, -0.05) is 58.4 Å². The van der Waals surface area contributed by atoms with Gasteiger partial charge in [0, 0.05) is 36.9 Å². The third-order valence-electron chi connectivity index (χ3n) is 4.03. The molecule has 0 radical (unpaired) electrons. The Labute approximate surface area is 158 Å². The largest absolute Gasteiger partial charge is 0.321 e. The summed E-state index contributed by atoms with van der Waals surface area (Å²) in [5.74, 6) is -0.117. The fourth-order valence-corrected chi connectivity index (χ4v) is 4.20. The summed E-state index contributed by atoms with van der Waals surface area (Å²) >= 11 is 5.13. The second kappa shape index (κ2) is 6.82. The number of anilines is 1. The molecule has 1 amide bonds. The molecule has 0 aliphatic rings. The SMILES string of the molecule is O=C(Nc1ccccc1-c1csc2ccccc12)c1cccc(Br)c1. The first-order valence-electron chi connectivity index (χ1n) is 7.85. The van der Waals surface area contributed by atoms with E-state index in [-0.39, 0.29) is 5.91 Å². The minimum atomic E-state index is -0.117. The van der Waals surface area contributed by atoms with Crippen molar-refractivity contribution in [2.45, 2.75) is 0 Å². The van der Waals surface area contributed by atoms with Gasteiger partial charge in [-0.2, -0.15) is 0 Å². The number of para-hydroxylation sites is 1. The summed E-state index contributed by atoms with van der Waals surface area (Å²) in [5.41, 5.74) is 3.62. The van der Waals surface area contributed by atoms with Crippen LogP contribution in [0, 0.1) is 0 Å². The Morgan fingerprint density at radius 2 is 1.68 bits per heavy atom. The highest BCUT2D eigenvalue weighted by Gasteiger charge is 2.13. The zero-order valence-corrected chi connectivity index (χ0v) is 15.6. The molecule has 0 unspecified atom stereocenters. The van der Waals surface area contributed by atoms with Crippen molar-refractivity contribution < 1.29 is 4.79 Å². The molecule has 4 aromatic rings. The highest BCUT2D eigenvalue weighted by atomic mass is 79.9. The number of thiophene rings is 1. The minimum absolute atomic E-state index is 0.117. The first kappa shape index (κ1) is 16.1. The molecular weight excluding hydrogens is 394 g/mol. The van der Waals surface area contributed by atoms with Crippen LogP contribution in [0.1, 0.15) is 10.4 Å². The number of benzene rings is 3. The Hall–Kier alpha value is -2.43. The van der Waals surface area contributed by atoms with Crippen LogP contribution >= 0.6 is 27.3 Å². The van der Waals surface area contributed by atoms with Crippen LogP contribution in [0.25, 0.3) is 21.2 Å². The summed E-state index contributed by atoms with van der Waals surface area (Å²) in [6, 6.07) is 23.6. The molecule has 1 aromatic heterocycles. The van der Waals surface area contributed by atoms with E-state index < -0.39 is 0 Å². The first-order chi connectivity index (χ1) is 12.2. The molecule has 0 aliphatic heterocycles. The third kappa shape index (κ3) is 3.23. The Morgan fingerprint density at radius 3 is 2.56 bits per heavy atom. The fraction of sp³-hybridized carbons (Fsp3) is 0. The Bertz CT molecular complexity index is 1070. The molecule has 2 nitrogen and oxygen atoms in total. The van der Waals surface area contributed by atoms with E-state index in [0.29, 0.717) is 5.56 Å². The van der Waals surface area contributed by atoms with Crippen LogP contribution in [0.5, 0.6) is 0 Å². The lowest BCUT2D eigenvalue weighted by Crippen LogP contribution is -2.12. The van der Waals surface area contributed by atoms with Gasteiger partial charge in [-0.15, -0.1) is 11.3 Å². The van der Waals surface area contributed by atoms with Gasteiger partial charge in [0.25, 0.3) is 5.91 Å². The summed E-state index contributed by atoms with van der Waals surface area (Å²) in [4.78, 5) is 12.6. The monoisotopic (exact) mass is 407 g/mol. The van der Waals surface area contributed by atoms with Crippen LogP contribution in [-0.4, -0.2) is 5.91 Å². The molecule has 0 fully saturated rings. The van der Waals surface area contributed by atoms with Crippen LogP contribution in [0.4, 0.5) is 5.69 Å². The van der Waals surface area contributed by atoms with Crippen molar-refractivity contribution >= 4 is 48.9 Å². The Morgan fingerprint density at radius 1 is 0.880 bits per heavy atom. The molecular formula is C21H14BrNOS. The lowest BCUT2D eigenvalue weighted by molar-refractivity contribution is 0.102. The topological polar surface area (TPSA) is 29.1 Å². The number of nitrogens with one attached hydrogen (secondary N) is 1. The van der Waals surface area contributed by atoms with E-state index in [4.69, 9.17) is 0 Å². The highest BCUT2D eigenvalue weighted by molar-refractivity contribution is 9.10. The van der Waals surface area contributed by atoms with E-state index in [2.05, 4.69) is 38.8 Å². The molecule has 0 atom stereocenters. The van der Waals surface area contributed by atoms with E-state index >= 15 is 0 Å². The van der Waals surface area contributed by atoms with Crippen LogP contribution in [-0.2, 0) is 0 Å². The van der Waals surface area contributed by atoms with E-state index in [1.807, 2.05) is 60.7 Å². The van der Waals surface area contributed by atoms with E-state index in [0.717, 1.165) is 21.3 Å². The van der Waals surface area contributed by atoms with Crippen LogP contribution in [0.2, 0.25) is 0 Å². The molecule has 122 valence electrons. The van der Waals surface area contributed by atoms with Crippen LogP contribution in [0.15, 0.2) is 82.6 Å². The quantitative estimate of drug-likeness (QED) is 0.408. The summed E-state index contributed by atoms with van der Waals surface area (Å²) in [5, 5.41) is 6.40. The van der Waals surface area contributed by atoms with Crippen molar-refractivity contribution in [2.75, 3.05) is 5.32 Å². The smallest absolute Gasteiger partial charge is 0.255 e. The van der Waals surface area contributed by atoms with Crippen LogP contribution in [0.3, 0.4) is 0 Å². The third-order valence-corrected chi connectivity index (χ3v) is 5.49. The number of carbonyl (C=O) groups is 1. The summed E-state index contributed by atoms with van der Waals surface area (Å²) < 4.78 is 2.13. The molecule has 0 bridgehead atoms. The van der Waals surface area contributed by atoms with Gasteiger partial charge in [0.05, 0.1) is 0 Å². The standard InChI is InChI=1S/C21H14BrNOS/c22-15-7-5-6-14(12-15)21(24)23-19-10-3-1-8-16(19)18-13-25-20-11-4-2-9-17(18)20/h1-13H,(H,23,24). The number of amides is 1. The molecule has 4 rings (SSSR count). The maximum absolute atomic E-state index is 12.6. The van der Waals surface area contributed by atoms with Gasteiger partial charge in [0.1, 0.15) is 0 Å². The van der Waals surface area contributed by atoms with Gasteiger partial charge in [-0.25, -0.2) is 0 Å². The van der Waals surface area contributed by atoms with Crippen molar-refractivity contribution in [1.29, 1.82) is 0 Å². The van der Waals surface area contributed by atoms with Gasteiger partial charge in [0.2, 0.25) is 0 Å². The number of hydrogen-bond acceptors (Lipinski definition) is 2. The molecule has 3 aromatic carbocycles. The summed E-state index contributed by atoms with van der Waals surface area (Å²) in [6.45, 7) is 0. The van der Waals surface area contributed by atoms with Crippen molar-refractivity contribution in [1.82, 2.24) is 0 Å². The lowest BCUT2D eigenvalue weighted by atomic mass is 10.0.